The van der Waals surface area contributed by atoms with Crippen LogP contribution in [-0.2, 0) is 21.2 Å². The summed E-state index contributed by atoms with van der Waals surface area (Å²) in [5.41, 5.74) is 3.95. The summed E-state index contributed by atoms with van der Waals surface area (Å²) in [6.45, 7) is 6.14. The maximum Gasteiger partial charge on any atom is 0.256 e. The number of aryl methyl sites for hydroxylation is 3. The van der Waals surface area contributed by atoms with Crippen molar-refractivity contribution in [2.75, 3.05) is 12.9 Å². The van der Waals surface area contributed by atoms with E-state index in [9.17, 15) is 13.2 Å². The Labute approximate surface area is 188 Å². The highest BCUT2D eigenvalue weighted by atomic mass is 35.5. The van der Waals surface area contributed by atoms with Crippen LogP contribution >= 0.6 is 11.6 Å². The second kappa shape index (κ2) is 9.32. The number of aromatic nitrogens is 1. The van der Waals surface area contributed by atoms with Gasteiger partial charge in [0.05, 0.1) is 12.9 Å². The van der Waals surface area contributed by atoms with Crippen LogP contribution in [0, 0.1) is 13.8 Å². The second-order valence-electron chi connectivity index (χ2n) is 7.82. The molecule has 0 spiro atoms. The number of hydrogen-bond donors (Lipinski definition) is 1. The highest BCUT2D eigenvalue weighted by Gasteiger charge is 2.21. The van der Waals surface area contributed by atoms with Crippen molar-refractivity contribution < 1.29 is 17.9 Å². The third-order valence-electron chi connectivity index (χ3n) is 5.17. The van der Waals surface area contributed by atoms with Crippen LogP contribution in [0.4, 0.5) is 0 Å². The molecule has 0 bridgehead atoms. The molecule has 0 saturated heterocycles. The van der Waals surface area contributed by atoms with E-state index in [4.69, 9.17) is 16.3 Å². The van der Waals surface area contributed by atoms with Gasteiger partial charge in [0.2, 0.25) is 10.0 Å². The number of carbonyl (C=O) groups excluding carboxylic acids is 1. The number of sulfonamides is 1. The molecular weight excluding hydrogens is 436 g/mol. The van der Waals surface area contributed by atoms with Crippen molar-refractivity contribution in [3.8, 4) is 5.75 Å². The summed E-state index contributed by atoms with van der Waals surface area (Å²) in [6, 6.07) is 11.0. The predicted molar refractivity (Wildman–Crippen MR) is 124 cm³/mol. The van der Waals surface area contributed by atoms with Crippen molar-refractivity contribution in [2.45, 2.75) is 39.7 Å². The molecule has 0 aliphatic rings. The van der Waals surface area contributed by atoms with Crippen LogP contribution < -0.4 is 9.46 Å². The van der Waals surface area contributed by atoms with Crippen LogP contribution in [0.25, 0.3) is 10.9 Å². The molecule has 1 aromatic heterocycles. The first-order chi connectivity index (χ1) is 14.6. The Bertz CT molecular complexity index is 1190. The first-order valence-electron chi connectivity index (χ1n) is 10.1. The molecule has 0 aliphatic heterocycles. The lowest BCUT2D eigenvalue weighted by Crippen LogP contribution is -2.34. The summed E-state index contributed by atoms with van der Waals surface area (Å²) in [7, 11) is -3.61. The zero-order chi connectivity index (χ0) is 22.8. The number of benzene rings is 2. The van der Waals surface area contributed by atoms with Gasteiger partial charge in [0.1, 0.15) is 11.8 Å². The van der Waals surface area contributed by atoms with E-state index < -0.39 is 22.0 Å². The second-order valence-corrected chi connectivity index (χ2v) is 9.94. The van der Waals surface area contributed by atoms with Gasteiger partial charge >= 0.3 is 0 Å². The molecule has 0 fully saturated rings. The zero-order valence-corrected chi connectivity index (χ0v) is 19.7. The van der Waals surface area contributed by atoms with E-state index in [-0.39, 0.29) is 0 Å². The molecule has 31 heavy (non-hydrogen) atoms. The fraction of sp³-hybridized carbons (Fsp3) is 0.348. The van der Waals surface area contributed by atoms with Crippen LogP contribution in [-0.4, -0.2) is 31.8 Å². The fourth-order valence-electron chi connectivity index (χ4n) is 3.63. The minimum Gasteiger partial charge on any atom is -0.494 e. The van der Waals surface area contributed by atoms with Gasteiger partial charge in [-0.15, -0.1) is 0 Å². The monoisotopic (exact) mass is 462 g/mol. The van der Waals surface area contributed by atoms with Crippen molar-refractivity contribution in [2.24, 2.45) is 0 Å². The maximum absolute atomic E-state index is 12.4. The fourth-order valence-corrected chi connectivity index (χ4v) is 4.28. The first-order valence-corrected chi connectivity index (χ1v) is 12.3. The zero-order valence-electron chi connectivity index (χ0n) is 18.1. The van der Waals surface area contributed by atoms with Crippen molar-refractivity contribution in [1.29, 1.82) is 0 Å². The molecule has 0 aliphatic carbocycles. The summed E-state index contributed by atoms with van der Waals surface area (Å²) in [4.78, 5) is 12.4. The molecule has 1 atom stereocenters. The highest BCUT2D eigenvalue weighted by molar-refractivity contribution is 7.89. The molecule has 1 amide bonds. The summed E-state index contributed by atoms with van der Waals surface area (Å²) in [5.74, 6) is 0.236. The Balaban J connectivity index is 1.72. The average Bonchev–Trinajstić information content (AvgIpc) is 3.06. The van der Waals surface area contributed by atoms with Crippen molar-refractivity contribution in [1.82, 2.24) is 9.29 Å². The van der Waals surface area contributed by atoms with E-state index in [0.29, 0.717) is 6.61 Å². The minimum absolute atomic E-state index is 0.546. The molecule has 1 unspecified atom stereocenters. The van der Waals surface area contributed by atoms with Crippen LogP contribution in [0.15, 0.2) is 42.6 Å². The Morgan fingerprint density at radius 3 is 2.48 bits per heavy atom. The number of hydrogen-bond acceptors (Lipinski definition) is 4. The highest BCUT2D eigenvalue weighted by Crippen LogP contribution is 2.27. The van der Waals surface area contributed by atoms with Gasteiger partial charge in [0, 0.05) is 22.1 Å². The predicted octanol–water partition coefficient (Wildman–Crippen LogP) is 4.56. The molecule has 2 aromatic carbocycles. The summed E-state index contributed by atoms with van der Waals surface area (Å²) in [6.07, 6.45) is 4.45. The molecular formula is C23H27ClN2O4S. The molecule has 1 N–H and O–H groups in total. The van der Waals surface area contributed by atoms with E-state index >= 15 is 0 Å². The number of ether oxygens (including phenoxy) is 1. The molecule has 3 aromatic rings. The van der Waals surface area contributed by atoms with Gasteiger partial charge in [0.15, 0.2) is 0 Å². The number of rotatable bonds is 8. The minimum atomic E-state index is -3.61. The van der Waals surface area contributed by atoms with E-state index in [1.165, 1.54) is 0 Å². The van der Waals surface area contributed by atoms with Gasteiger partial charge in [-0.2, -0.15) is 0 Å². The molecule has 0 saturated carbocycles. The standard InChI is InChI=1S/C23H27ClN2O4S/c1-15-12-19(13-16(2)22(15)24)30-11-7-8-18-14-26(21-10-6-5-9-20(18)21)17(3)23(27)25-31(4,28)29/h5-6,9-10,12-14,17H,7-8,11H2,1-4H3,(H,25,27). The number of nitrogens with one attached hydrogen (secondary N) is 1. The number of fused-ring (bicyclic) bond motifs is 1. The largest absolute Gasteiger partial charge is 0.494 e. The van der Waals surface area contributed by atoms with Crippen molar-refractivity contribution in [3.05, 3.63) is 64.3 Å². The van der Waals surface area contributed by atoms with Gasteiger partial charge < -0.3 is 9.30 Å². The van der Waals surface area contributed by atoms with Gasteiger partial charge in [-0.1, -0.05) is 29.8 Å². The number of nitrogens with zero attached hydrogens (tertiary/aromatic N) is 1. The summed E-state index contributed by atoms with van der Waals surface area (Å²) >= 11 is 6.21. The molecule has 0 radical (unpaired) electrons. The number of amides is 1. The van der Waals surface area contributed by atoms with Crippen LogP contribution in [0.3, 0.4) is 0 Å². The van der Waals surface area contributed by atoms with Crippen LogP contribution in [0.5, 0.6) is 5.75 Å². The van der Waals surface area contributed by atoms with Gasteiger partial charge in [0.25, 0.3) is 5.91 Å². The van der Waals surface area contributed by atoms with Crippen molar-refractivity contribution in [3.63, 3.8) is 0 Å². The van der Waals surface area contributed by atoms with Crippen molar-refractivity contribution >= 4 is 38.4 Å². The SMILES string of the molecule is Cc1cc(OCCCc2cn(C(C)C(=O)NS(C)(=O)=O)c3ccccc23)cc(C)c1Cl. The molecule has 166 valence electrons. The number of carbonyl (C=O) groups is 1. The Hall–Kier alpha value is -2.51. The molecule has 6 nitrogen and oxygen atoms in total. The first kappa shape index (κ1) is 23.2. The lowest BCUT2D eigenvalue weighted by molar-refractivity contribution is -0.121. The third-order valence-corrected chi connectivity index (χ3v) is 6.34. The topological polar surface area (TPSA) is 77.4 Å². The molecule has 8 heteroatoms. The van der Waals surface area contributed by atoms with E-state index in [0.717, 1.165) is 57.5 Å². The molecule has 1 heterocycles. The third kappa shape index (κ3) is 5.60. The normalized spacial score (nSPS) is 12.7. The summed E-state index contributed by atoms with van der Waals surface area (Å²) in [5, 5.41) is 1.80. The average molecular weight is 463 g/mol. The Morgan fingerprint density at radius 1 is 1.19 bits per heavy atom. The lowest BCUT2D eigenvalue weighted by atomic mass is 10.1. The van der Waals surface area contributed by atoms with Gasteiger partial charge in [-0.25, -0.2) is 8.42 Å². The van der Waals surface area contributed by atoms with E-state index in [1.54, 1.807) is 6.92 Å². The number of halogens is 1. The smallest absolute Gasteiger partial charge is 0.256 e. The van der Waals surface area contributed by atoms with Gasteiger partial charge in [-0.05, 0) is 68.5 Å². The lowest BCUT2D eigenvalue weighted by Gasteiger charge is -2.14. The van der Waals surface area contributed by atoms with E-state index in [2.05, 4.69) is 4.72 Å². The van der Waals surface area contributed by atoms with E-state index in [1.807, 2.05) is 61.0 Å². The Morgan fingerprint density at radius 2 is 1.84 bits per heavy atom. The van der Waals surface area contributed by atoms with Crippen LogP contribution in [0.1, 0.15) is 36.1 Å². The molecule has 3 rings (SSSR count). The number of para-hydroxylation sites is 1. The Kier molecular flexibility index (Phi) is 6.96. The summed E-state index contributed by atoms with van der Waals surface area (Å²) < 4.78 is 32.7. The quantitative estimate of drug-likeness (QED) is 0.498. The maximum atomic E-state index is 12.4. The van der Waals surface area contributed by atoms with Crippen LogP contribution in [0.2, 0.25) is 5.02 Å². The van der Waals surface area contributed by atoms with Gasteiger partial charge in [-0.3, -0.25) is 9.52 Å².